The van der Waals surface area contributed by atoms with Gasteiger partial charge in [-0.05, 0) is 37.7 Å². The number of carbonyl (C=O) groups excluding carboxylic acids is 1. The molecule has 2 aliphatic carbocycles. The third-order valence-corrected chi connectivity index (χ3v) is 3.29. The van der Waals surface area contributed by atoms with Crippen molar-refractivity contribution in [2.24, 2.45) is 17.8 Å². The smallest absolute Gasteiger partial charge is 0.159 e. The quantitative estimate of drug-likeness (QED) is 0.541. The van der Waals surface area contributed by atoms with E-state index in [2.05, 4.69) is 13.5 Å². The molecule has 1 saturated carbocycles. The molecule has 0 spiro atoms. The molecular formula is C11H14O. The summed E-state index contributed by atoms with van der Waals surface area (Å²) in [5.41, 5.74) is 1.29. The monoisotopic (exact) mass is 162 g/mol. The molecule has 0 aromatic heterocycles. The van der Waals surface area contributed by atoms with Crippen LogP contribution in [0.15, 0.2) is 24.3 Å². The molecule has 2 aliphatic rings. The van der Waals surface area contributed by atoms with Gasteiger partial charge >= 0.3 is 0 Å². The average molecular weight is 162 g/mol. The Morgan fingerprint density at radius 3 is 3.00 bits per heavy atom. The summed E-state index contributed by atoms with van der Waals surface area (Å²) in [6, 6.07) is 0. The summed E-state index contributed by atoms with van der Waals surface area (Å²) in [6.45, 7) is 5.86. The van der Waals surface area contributed by atoms with Crippen LogP contribution in [0.25, 0.3) is 0 Å². The van der Waals surface area contributed by atoms with Gasteiger partial charge < -0.3 is 0 Å². The average Bonchev–Trinajstić information content (AvgIpc) is 2.55. The van der Waals surface area contributed by atoms with Crippen LogP contribution in [0.5, 0.6) is 0 Å². The summed E-state index contributed by atoms with van der Waals surface area (Å²) in [4.78, 5) is 11.5. The highest BCUT2D eigenvalue weighted by Gasteiger charge is 2.42. The van der Waals surface area contributed by atoms with E-state index in [4.69, 9.17) is 0 Å². The fraction of sp³-hybridized carbons (Fsp3) is 0.545. The summed E-state index contributed by atoms with van der Waals surface area (Å²) in [5, 5.41) is 0. The maximum atomic E-state index is 11.5. The third kappa shape index (κ3) is 0.889. The van der Waals surface area contributed by atoms with Crippen LogP contribution in [0.4, 0.5) is 0 Å². The Labute approximate surface area is 73.2 Å². The number of allylic oxidation sites excluding steroid dienone is 3. The Morgan fingerprint density at radius 2 is 2.33 bits per heavy atom. The number of fused-ring (bicyclic) bond motifs is 1. The van der Waals surface area contributed by atoms with Crippen molar-refractivity contribution in [3.05, 3.63) is 24.3 Å². The van der Waals surface area contributed by atoms with E-state index in [0.29, 0.717) is 17.6 Å². The van der Waals surface area contributed by atoms with Crippen LogP contribution in [0, 0.1) is 17.8 Å². The van der Waals surface area contributed by atoms with Gasteiger partial charge in [0.1, 0.15) is 0 Å². The van der Waals surface area contributed by atoms with Gasteiger partial charge in [0.15, 0.2) is 5.78 Å². The van der Waals surface area contributed by atoms with E-state index in [1.165, 1.54) is 12.0 Å². The zero-order valence-electron chi connectivity index (χ0n) is 7.42. The van der Waals surface area contributed by atoms with Gasteiger partial charge in [0.05, 0.1) is 0 Å². The normalized spacial score (nSPS) is 39.6. The largest absolute Gasteiger partial charge is 0.295 e. The van der Waals surface area contributed by atoms with Crippen LogP contribution < -0.4 is 0 Å². The third-order valence-electron chi connectivity index (χ3n) is 3.29. The van der Waals surface area contributed by atoms with Crippen LogP contribution in [0.1, 0.15) is 19.8 Å². The Kier molecular flexibility index (Phi) is 1.67. The molecule has 12 heavy (non-hydrogen) atoms. The van der Waals surface area contributed by atoms with Gasteiger partial charge in [-0.1, -0.05) is 11.6 Å². The van der Waals surface area contributed by atoms with Gasteiger partial charge in [-0.3, -0.25) is 4.79 Å². The molecule has 0 amide bonds. The first-order chi connectivity index (χ1) is 5.74. The van der Waals surface area contributed by atoms with E-state index in [0.717, 1.165) is 6.42 Å². The molecule has 0 bridgehead atoms. The lowest BCUT2D eigenvalue weighted by atomic mass is 9.89. The first kappa shape index (κ1) is 7.78. The SMILES string of the molecule is C=CC1CCC2C(C)=CC(=O)C12. The molecule has 1 nitrogen and oxygen atoms in total. The van der Waals surface area contributed by atoms with Gasteiger partial charge in [0, 0.05) is 5.92 Å². The first-order valence-electron chi connectivity index (χ1n) is 4.58. The maximum absolute atomic E-state index is 11.5. The van der Waals surface area contributed by atoms with Gasteiger partial charge in [-0.2, -0.15) is 0 Å². The molecular weight excluding hydrogens is 148 g/mol. The molecule has 1 fully saturated rings. The van der Waals surface area contributed by atoms with E-state index >= 15 is 0 Å². The Bertz CT molecular complexity index is 262. The Balaban J connectivity index is 2.28. The number of rotatable bonds is 1. The molecule has 0 aromatic carbocycles. The molecule has 3 atom stereocenters. The van der Waals surface area contributed by atoms with Crippen LogP contribution in [-0.4, -0.2) is 5.78 Å². The van der Waals surface area contributed by atoms with Crippen molar-refractivity contribution in [3.8, 4) is 0 Å². The van der Waals surface area contributed by atoms with Crippen molar-refractivity contribution in [3.63, 3.8) is 0 Å². The summed E-state index contributed by atoms with van der Waals surface area (Å²) in [6.07, 6.45) is 6.10. The van der Waals surface area contributed by atoms with Gasteiger partial charge in [0.25, 0.3) is 0 Å². The number of carbonyl (C=O) groups is 1. The maximum Gasteiger partial charge on any atom is 0.159 e. The molecule has 1 heteroatoms. The van der Waals surface area contributed by atoms with Crippen molar-refractivity contribution in [1.29, 1.82) is 0 Å². The highest BCUT2D eigenvalue weighted by atomic mass is 16.1. The molecule has 2 rings (SSSR count). The van der Waals surface area contributed by atoms with Crippen LogP contribution >= 0.6 is 0 Å². The fourth-order valence-corrected chi connectivity index (χ4v) is 2.64. The minimum Gasteiger partial charge on any atom is -0.295 e. The highest BCUT2D eigenvalue weighted by molar-refractivity contribution is 5.96. The predicted octanol–water partition coefficient (Wildman–Crippen LogP) is 2.34. The molecule has 0 aromatic rings. The molecule has 0 aliphatic heterocycles. The summed E-state index contributed by atoms with van der Waals surface area (Å²) >= 11 is 0. The van der Waals surface area contributed by atoms with Crippen molar-refractivity contribution in [2.75, 3.05) is 0 Å². The minimum absolute atomic E-state index is 0.252. The number of hydrogen-bond donors (Lipinski definition) is 0. The fourth-order valence-electron chi connectivity index (χ4n) is 2.64. The zero-order valence-corrected chi connectivity index (χ0v) is 7.42. The highest BCUT2D eigenvalue weighted by Crippen LogP contribution is 2.45. The standard InChI is InChI=1S/C11H14O/c1-3-8-4-5-9-7(2)6-10(12)11(8)9/h3,6,8-9,11H,1,4-5H2,2H3. The number of ketones is 1. The lowest BCUT2D eigenvalue weighted by Gasteiger charge is -2.13. The number of hydrogen-bond acceptors (Lipinski definition) is 1. The van der Waals surface area contributed by atoms with Crippen molar-refractivity contribution in [2.45, 2.75) is 19.8 Å². The lowest BCUT2D eigenvalue weighted by Crippen LogP contribution is -2.16. The van der Waals surface area contributed by atoms with Crippen molar-refractivity contribution >= 4 is 5.78 Å². The second-order valence-electron chi connectivity index (χ2n) is 3.90. The van der Waals surface area contributed by atoms with E-state index in [1.54, 1.807) is 0 Å². The van der Waals surface area contributed by atoms with Crippen LogP contribution in [0.2, 0.25) is 0 Å². The van der Waals surface area contributed by atoms with Gasteiger partial charge in [-0.25, -0.2) is 0 Å². The predicted molar refractivity (Wildman–Crippen MR) is 48.7 cm³/mol. The van der Waals surface area contributed by atoms with Gasteiger partial charge in [-0.15, -0.1) is 6.58 Å². The second-order valence-corrected chi connectivity index (χ2v) is 3.90. The lowest BCUT2D eigenvalue weighted by molar-refractivity contribution is -0.118. The molecule has 64 valence electrons. The second kappa shape index (κ2) is 2.58. The van der Waals surface area contributed by atoms with Crippen LogP contribution in [0.3, 0.4) is 0 Å². The molecule has 0 N–H and O–H groups in total. The van der Waals surface area contributed by atoms with Gasteiger partial charge in [0.2, 0.25) is 0 Å². The molecule has 0 heterocycles. The van der Waals surface area contributed by atoms with Crippen molar-refractivity contribution < 1.29 is 4.79 Å². The van der Waals surface area contributed by atoms with Crippen molar-refractivity contribution in [1.82, 2.24) is 0 Å². The summed E-state index contributed by atoms with van der Waals surface area (Å²) in [7, 11) is 0. The van der Waals surface area contributed by atoms with Crippen LogP contribution in [-0.2, 0) is 4.79 Å². The molecule has 0 saturated heterocycles. The van der Waals surface area contributed by atoms with E-state index < -0.39 is 0 Å². The summed E-state index contributed by atoms with van der Waals surface area (Å²) < 4.78 is 0. The minimum atomic E-state index is 0.252. The molecule has 0 radical (unpaired) electrons. The first-order valence-corrected chi connectivity index (χ1v) is 4.58. The molecule has 3 unspecified atom stereocenters. The summed E-state index contributed by atoms with van der Waals surface area (Å²) in [5.74, 6) is 1.57. The van der Waals surface area contributed by atoms with E-state index in [1.807, 2.05) is 12.2 Å². The Hall–Kier alpha value is -0.850. The zero-order chi connectivity index (χ0) is 8.72. The van der Waals surface area contributed by atoms with E-state index in [9.17, 15) is 4.79 Å². The Morgan fingerprint density at radius 1 is 1.58 bits per heavy atom. The van der Waals surface area contributed by atoms with E-state index in [-0.39, 0.29) is 5.92 Å². The topological polar surface area (TPSA) is 17.1 Å².